The third-order valence-electron chi connectivity index (χ3n) is 3.67. The van der Waals surface area contributed by atoms with Crippen molar-refractivity contribution in [2.75, 3.05) is 12.4 Å². The quantitative estimate of drug-likeness (QED) is 0.861. The lowest BCUT2D eigenvalue weighted by atomic mass is 9.81. The SMILES string of the molecule is COc1cccc(C#N)c1NC(C)CC1CCC1. The molecule has 2 rings (SSSR count). The fraction of sp³-hybridized carbons (Fsp3) is 0.533. The molecule has 0 bridgehead atoms. The van der Waals surface area contributed by atoms with Crippen molar-refractivity contribution in [2.24, 2.45) is 5.92 Å². The lowest BCUT2D eigenvalue weighted by Crippen LogP contribution is -2.23. The summed E-state index contributed by atoms with van der Waals surface area (Å²) < 4.78 is 5.32. The molecule has 1 aliphatic rings. The Morgan fingerprint density at radius 1 is 1.50 bits per heavy atom. The molecule has 1 aromatic carbocycles. The van der Waals surface area contributed by atoms with E-state index in [-0.39, 0.29) is 0 Å². The van der Waals surface area contributed by atoms with Crippen LogP contribution in [0.1, 0.15) is 38.2 Å². The summed E-state index contributed by atoms with van der Waals surface area (Å²) in [6, 6.07) is 8.14. The van der Waals surface area contributed by atoms with Crippen LogP contribution in [0.4, 0.5) is 5.69 Å². The van der Waals surface area contributed by atoms with Gasteiger partial charge in [-0.3, -0.25) is 0 Å². The van der Waals surface area contributed by atoms with Crippen molar-refractivity contribution in [2.45, 2.75) is 38.6 Å². The van der Waals surface area contributed by atoms with Crippen molar-refractivity contribution in [3.05, 3.63) is 23.8 Å². The molecule has 1 N–H and O–H groups in total. The van der Waals surface area contributed by atoms with E-state index in [2.05, 4.69) is 18.3 Å². The van der Waals surface area contributed by atoms with Crippen LogP contribution in [0, 0.1) is 17.2 Å². The molecule has 1 aliphatic carbocycles. The summed E-state index contributed by atoms with van der Waals surface area (Å²) in [4.78, 5) is 0. The number of hydrogen-bond donors (Lipinski definition) is 1. The zero-order valence-electron chi connectivity index (χ0n) is 11.1. The van der Waals surface area contributed by atoms with Gasteiger partial charge in [0.05, 0.1) is 18.4 Å². The van der Waals surface area contributed by atoms with Crippen molar-refractivity contribution in [3.8, 4) is 11.8 Å². The van der Waals surface area contributed by atoms with Gasteiger partial charge < -0.3 is 10.1 Å². The molecule has 0 spiro atoms. The van der Waals surface area contributed by atoms with Crippen LogP contribution in [-0.2, 0) is 0 Å². The Kier molecular flexibility index (Phi) is 4.09. The Morgan fingerprint density at radius 3 is 2.83 bits per heavy atom. The van der Waals surface area contributed by atoms with Crippen molar-refractivity contribution >= 4 is 5.69 Å². The number of methoxy groups -OCH3 is 1. The minimum atomic E-state index is 0.374. The maximum atomic E-state index is 9.14. The minimum Gasteiger partial charge on any atom is -0.495 e. The third kappa shape index (κ3) is 2.76. The highest BCUT2D eigenvalue weighted by Gasteiger charge is 2.21. The second-order valence-corrected chi connectivity index (χ2v) is 5.07. The molecule has 0 aliphatic heterocycles. The topological polar surface area (TPSA) is 45.0 Å². The second-order valence-electron chi connectivity index (χ2n) is 5.07. The largest absolute Gasteiger partial charge is 0.495 e. The molecular formula is C15H20N2O. The molecule has 3 heteroatoms. The number of para-hydroxylation sites is 1. The van der Waals surface area contributed by atoms with Gasteiger partial charge in [-0.15, -0.1) is 0 Å². The van der Waals surface area contributed by atoms with E-state index in [0.717, 1.165) is 17.4 Å². The number of nitriles is 1. The smallest absolute Gasteiger partial charge is 0.143 e. The fourth-order valence-electron chi connectivity index (χ4n) is 2.48. The summed E-state index contributed by atoms with van der Waals surface area (Å²) >= 11 is 0. The van der Waals surface area contributed by atoms with E-state index in [1.165, 1.54) is 25.7 Å². The summed E-state index contributed by atoms with van der Waals surface area (Å²) in [5, 5.41) is 12.6. The van der Waals surface area contributed by atoms with Crippen LogP contribution >= 0.6 is 0 Å². The highest BCUT2D eigenvalue weighted by molar-refractivity contribution is 5.66. The molecule has 1 aromatic rings. The Labute approximate surface area is 109 Å². The van der Waals surface area contributed by atoms with Crippen molar-refractivity contribution < 1.29 is 4.74 Å². The summed E-state index contributed by atoms with van der Waals surface area (Å²) in [7, 11) is 1.64. The molecule has 0 aromatic heterocycles. The van der Waals surface area contributed by atoms with Crippen LogP contribution in [0.25, 0.3) is 0 Å². The van der Waals surface area contributed by atoms with Gasteiger partial charge in [0.2, 0.25) is 0 Å². The van der Waals surface area contributed by atoms with Crippen LogP contribution in [0.3, 0.4) is 0 Å². The summed E-state index contributed by atoms with van der Waals surface area (Å²) in [5.41, 5.74) is 1.48. The van der Waals surface area contributed by atoms with Crippen LogP contribution in [-0.4, -0.2) is 13.2 Å². The fourth-order valence-corrected chi connectivity index (χ4v) is 2.48. The molecule has 3 nitrogen and oxygen atoms in total. The third-order valence-corrected chi connectivity index (χ3v) is 3.67. The maximum absolute atomic E-state index is 9.14. The molecule has 1 saturated carbocycles. The Balaban J connectivity index is 2.08. The van der Waals surface area contributed by atoms with Crippen molar-refractivity contribution in [1.82, 2.24) is 0 Å². The van der Waals surface area contributed by atoms with Crippen LogP contribution in [0.15, 0.2) is 18.2 Å². The van der Waals surface area contributed by atoms with Crippen LogP contribution in [0.5, 0.6) is 5.75 Å². The molecule has 18 heavy (non-hydrogen) atoms. The lowest BCUT2D eigenvalue weighted by Gasteiger charge is -2.29. The van der Waals surface area contributed by atoms with Crippen molar-refractivity contribution in [1.29, 1.82) is 5.26 Å². The maximum Gasteiger partial charge on any atom is 0.143 e. The van der Waals surface area contributed by atoms with Crippen LogP contribution < -0.4 is 10.1 Å². The lowest BCUT2D eigenvalue weighted by molar-refractivity contribution is 0.285. The van der Waals surface area contributed by atoms with Gasteiger partial charge in [0.1, 0.15) is 11.8 Å². The van der Waals surface area contributed by atoms with Gasteiger partial charge in [-0.2, -0.15) is 5.26 Å². The highest BCUT2D eigenvalue weighted by Crippen LogP contribution is 2.33. The Morgan fingerprint density at radius 2 is 2.28 bits per heavy atom. The highest BCUT2D eigenvalue weighted by atomic mass is 16.5. The van der Waals surface area contributed by atoms with Gasteiger partial charge in [-0.1, -0.05) is 25.3 Å². The van der Waals surface area contributed by atoms with E-state index in [1.807, 2.05) is 18.2 Å². The van der Waals surface area contributed by atoms with Gasteiger partial charge >= 0.3 is 0 Å². The molecule has 0 heterocycles. The van der Waals surface area contributed by atoms with E-state index < -0.39 is 0 Å². The molecule has 1 fully saturated rings. The van der Waals surface area contributed by atoms with E-state index in [9.17, 15) is 0 Å². The van der Waals surface area contributed by atoms with E-state index in [4.69, 9.17) is 10.00 Å². The number of nitrogens with zero attached hydrogens (tertiary/aromatic N) is 1. The predicted molar refractivity (Wildman–Crippen MR) is 72.8 cm³/mol. The molecule has 1 atom stereocenters. The number of anilines is 1. The Bertz CT molecular complexity index is 446. The average molecular weight is 244 g/mol. The molecular weight excluding hydrogens is 224 g/mol. The first kappa shape index (κ1) is 12.8. The zero-order chi connectivity index (χ0) is 13.0. The van der Waals surface area contributed by atoms with E-state index in [0.29, 0.717) is 11.6 Å². The van der Waals surface area contributed by atoms with Crippen LogP contribution in [0.2, 0.25) is 0 Å². The van der Waals surface area contributed by atoms with Gasteiger partial charge in [0, 0.05) is 6.04 Å². The first-order valence-corrected chi connectivity index (χ1v) is 6.58. The molecule has 0 saturated heterocycles. The van der Waals surface area contributed by atoms with Gasteiger partial charge in [0.15, 0.2) is 0 Å². The molecule has 1 unspecified atom stereocenters. The monoisotopic (exact) mass is 244 g/mol. The van der Waals surface area contributed by atoms with Crippen molar-refractivity contribution in [3.63, 3.8) is 0 Å². The van der Waals surface area contributed by atoms with Gasteiger partial charge in [-0.05, 0) is 31.4 Å². The Hall–Kier alpha value is -1.69. The summed E-state index contributed by atoms with van der Waals surface area (Å²) in [6.07, 6.45) is 5.24. The molecule has 96 valence electrons. The van der Waals surface area contributed by atoms with E-state index >= 15 is 0 Å². The second kappa shape index (κ2) is 5.77. The zero-order valence-corrected chi connectivity index (χ0v) is 11.1. The first-order valence-electron chi connectivity index (χ1n) is 6.58. The van der Waals surface area contributed by atoms with E-state index in [1.54, 1.807) is 7.11 Å². The number of rotatable bonds is 5. The van der Waals surface area contributed by atoms with Gasteiger partial charge in [0.25, 0.3) is 0 Å². The average Bonchev–Trinajstić information content (AvgIpc) is 2.34. The number of hydrogen-bond acceptors (Lipinski definition) is 3. The summed E-state index contributed by atoms with van der Waals surface area (Å²) in [5.74, 6) is 1.60. The van der Waals surface area contributed by atoms with Gasteiger partial charge in [-0.25, -0.2) is 0 Å². The number of nitrogens with one attached hydrogen (secondary N) is 1. The minimum absolute atomic E-state index is 0.374. The normalized spacial score (nSPS) is 16.5. The molecule has 0 amide bonds. The number of benzene rings is 1. The standard InChI is InChI=1S/C15H20N2O/c1-11(9-12-5-3-6-12)17-15-13(10-16)7-4-8-14(15)18-2/h4,7-8,11-12,17H,3,5-6,9H2,1-2H3. The number of ether oxygens (including phenoxy) is 1. The first-order chi connectivity index (χ1) is 8.74. The summed E-state index contributed by atoms with van der Waals surface area (Å²) in [6.45, 7) is 2.17. The molecule has 0 radical (unpaired) electrons. The predicted octanol–water partition coefficient (Wildman–Crippen LogP) is 3.56.